The van der Waals surface area contributed by atoms with Gasteiger partial charge in [-0.2, -0.15) is 0 Å². The van der Waals surface area contributed by atoms with Gasteiger partial charge in [0.2, 0.25) is 0 Å². The van der Waals surface area contributed by atoms with E-state index in [1.165, 1.54) is 0 Å². The first-order chi connectivity index (χ1) is 10.5. The maximum atomic E-state index is 13.8. The molecule has 22 heavy (non-hydrogen) atoms. The summed E-state index contributed by atoms with van der Waals surface area (Å²) in [5, 5.41) is 6.88. The van der Waals surface area contributed by atoms with Gasteiger partial charge in [0.1, 0.15) is 5.82 Å². The molecule has 0 bridgehead atoms. The largest absolute Gasteiger partial charge is 0.356 e. The minimum atomic E-state index is -0.346. The van der Waals surface area contributed by atoms with Crippen molar-refractivity contribution >= 4 is 17.6 Å². The predicted octanol–water partition coefficient (Wildman–Crippen LogP) is 2.41. The summed E-state index contributed by atoms with van der Waals surface area (Å²) in [6, 6.07) is 5.74. The third-order valence-electron chi connectivity index (χ3n) is 4.50. The number of hydrogen-bond acceptors (Lipinski definition) is 4. The van der Waals surface area contributed by atoms with Crippen LogP contribution in [0.4, 0.5) is 4.39 Å². The molecular weight excluding hydrogens is 303 g/mol. The molecule has 3 atom stereocenters. The van der Waals surface area contributed by atoms with Crippen molar-refractivity contribution in [2.24, 2.45) is 10.9 Å². The van der Waals surface area contributed by atoms with E-state index in [0.717, 1.165) is 37.6 Å². The van der Waals surface area contributed by atoms with Crippen LogP contribution in [0.25, 0.3) is 0 Å². The molecule has 0 aliphatic carbocycles. The van der Waals surface area contributed by atoms with Crippen molar-refractivity contribution in [2.75, 3.05) is 26.7 Å². The normalized spacial score (nSPS) is 28.5. The van der Waals surface area contributed by atoms with Crippen molar-refractivity contribution in [1.82, 2.24) is 15.5 Å². The van der Waals surface area contributed by atoms with E-state index < -0.39 is 0 Å². The molecule has 2 N–H and O–H groups in total. The fourth-order valence-electron chi connectivity index (χ4n) is 3.35. The van der Waals surface area contributed by atoms with Gasteiger partial charge in [0.15, 0.2) is 5.96 Å². The molecule has 3 unspecified atom stereocenters. The zero-order chi connectivity index (χ0) is 15.7. The van der Waals surface area contributed by atoms with Crippen molar-refractivity contribution < 1.29 is 4.39 Å². The lowest BCUT2D eigenvalue weighted by molar-refractivity contribution is 0.275. The lowest BCUT2D eigenvalue weighted by Crippen LogP contribution is -2.40. The summed E-state index contributed by atoms with van der Waals surface area (Å²) in [7, 11) is 2.09. The maximum absolute atomic E-state index is 13.8. The number of aliphatic imine (C=N–C) groups is 1. The predicted molar refractivity (Wildman–Crippen MR) is 87.8 cm³/mol. The fraction of sp³-hybridized carbons (Fsp3) is 0.562. The van der Waals surface area contributed by atoms with Gasteiger partial charge < -0.3 is 10.6 Å². The first-order valence-electron chi connectivity index (χ1n) is 7.74. The second kappa shape index (κ2) is 6.42. The van der Waals surface area contributed by atoms with Crippen LogP contribution in [0.3, 0.4) is 0 Å². The van der Waals surface area contributed by atoms with Crippen molar-refractivity contribution in [3.8, 4) is 0 Å². The van der Waals surface area contributed by atoms with Crippen LogP contribution in [-0.2, 0) is 0 Å². The highest BCUT2D eigenvalue weighted by Gasteiger charge is 2.33. The Hall–Kier alpha value is -1.33. The number of likely N-dealkylation sites (tertiary alicyclic amines) is 1. The molecule has 6 heteroatoms. The number of benzene rings is 1. The lowest BCUT2D eigenvalue weighted by atomic mass is 9.93. The minimum Gasteiger partial charge on any atom is -0.356 e. The highest BCUT2D eigenvalue weighted by molar-refractivity contribution is 6.30. The van der Waals surface area contributed by atoms with Gasteiger partial charge in [0, 0.05) is 18.6 Å². The van der Waals surface area contributed by atoms with Crippen LogP contribution in [0.5, 0.6) is 0 Å². The van der Waals surface area contributed by atoms with Gasteiger partial charge in [0.25, 0.3) is 0 Å². The molecule has 2 aliphatic heterocycles. The first kappa shape index (κ1) is 15.6. The number of hydrogen-bond donors (Lipinski definition) is 2. The highest BCUT2D eigenvalue weighted by atomic mass is 35.5. The van der Waals surface area contributed by atoms with E-state index in [0.29, 0.717) is 12.0 Å². The smallest absolute Gasteiger partial charge is 0.191 e. The van der Waals surface area contributed by atoms with Crippen LogP contribution >= 0.6 is 11.6 Å². The average Bonchev–Trinajstić information content (AvgIpc) is 3.06. The van der Waals surface area contributed by atoms with E-state index in [-0.39, 0.29) is 16.9 Å². The quantitative estimate of drug-likeness (QED) is 0.897. The molecule has 0 radical (unpaired) electrons. The summed E-state index contributed by atoms with van der Waals surface area (Å²) in [5.74, 6) is 0.955. The summed E-state index contributed by atoms with van der Waals surface area (Å²) in [5.41, 5.74) is 0.989. The van der Waals surface area contributed by atoms with Crippen molar-refractivity contribution in [2.45, 2.75) is 25.4 Å². The van der Waals surface area contributed by atoms with Crippen LogP contribution in [0.15, 0.2) is 23.2 Å². The first-order valence-corrected chi connectivity index (χ1v) is 8.12. The Morgan fingerprint density at radius 1 is 1.50 bits per heavy atom. The van der Waals surface area contributed by atoms with Crippen molar-refractivity contribution in [3.63, 3.8) is 0 Å². The van der Waals surface area contributed by atoms with Gasteiger partial charge in [-0.25, -0.2) is 4.39 Å². The minimum absolute atomic E-state index is 0.178. The van der Waals surface area contributed by atoms with E-state index >= 15 is 0 Å². The van der Waals surface area contributed by atoms with E-state index in [9.17, 15) is 4.39 Å². The molecule has 0 spiro atoms. The van der Waals surface area contributed by atoms with Crippen molar-refractivity contribution in [1.29, 1.82) is 0 Å². The van der Waals surface area contributed by atoms with E-state index in [4.69, 9.17) is 11.6 Å². The Kier molecular flexibility index (Phi) is 4.54. The summed E-state index contributed by atoms with van der Waals surface area (Å²) in [6.45, 7) is 4.77. The summed E-state index contributed by atoms with van der Waals surface area (Å²) in [4.78, 5) is 6.70. The van der Waals surface area contributed by atoms with Crippen molar-refractivity contribution in [3.05, 3.63) is 34.6 Å². The van der Waals surface area contributed by atoms with Gasteiger partial charge >= 0.3 is 0 Å². The zero-order valence-electron chi connectivity index (χ0n) is 12.9. The maximum Gasteiger partial charge on any atom is 0.191 e. The number of halogens is 2. The molecule has 1 aromatic carbocycles. The fourth-order valence-corrected chi connectivity index (χ4v) is 3.47. The molecule has 1 aromatic rings. The SMILES string of the molecule is CC1CN=C(NCC2CCN(C)C2c2ccc(Cl)c(F)c2)N1. The third kappa shape index (κ3) is 3.20. The second-order valence-electron chi connectivity index (χ2n) is 6.26. The second-order valence-corrected chi connectivity index (χ2v) is 6.67. The Labute approximate surface area is 135 Å². The average molecular weight is 325 g/mol. The lowest BCUT2D eigenvalue weighted by Gasteiger charge is -2.26. The Morgan fingerprint density at radius 2 is 2.32 bits per heavy atom. The summed E-state index contributed by atoms with van der Waals surface area (Å²) >= 11 is 5.80. The van der Waals surface area contributed by atoms with Crippen LogP contribution < -0.4 is 10.6 Å². The van der Waals surface area contributed by atoms with Gasteiger partial charge in [-0.05, 0) is 50.6 Å². The van der Waals surface area contributed by atoms with Crippen LogP contribution in [0, 0.1) is 11.7 Å². The van der Waals surface area contributed by atoms with Crippen LogP contribution in [0.2, 0.25) is 5.02 Å². The molecule has 1 fully saturated rings. The Balaban J connectivity index is 1.69. The zero-order valence-corrected chi connectivity index (χ0v) is 13.7. The number of guanidine groups is 1. The van der Waals surface area contributed by atoms with Gasteiger partial charge in [0.05, 0.1) is 11.6 Å². The van der Waals surface area contributed by atoms with Crippen LogP contribution in [0.1, 0.15) is 24.9 Å². The standard InChI is InChI=1S/C16H22ClFN4/c1-10-8-19-16(21-10)20-9-12-5-6-22(2)15(12)11-3-4-13(17)14(18)7-11/h3-4,7,10,12,15H,5-6,8-9H2,1-2H3,(H2,19,20,21). The number of nitrogens with zero attached hydrogens (tertiary/aromatic N) is 2. The molecule has 2 heterocycles. The molecule has 120 valence electrons. The Bertz CT molecular complexity index is 577. The monoisotopic (exact) mass is 324 g/mol. The molecule has 3 rings (SSSR count). The Morgan fingerprint density at radius 3 is 3.00 bits per heavy atom. The molecule has 2 aliphatic rings. The molecule has 0 aromatic heterocycles. The molecule has 0 saturated carbocycles. The van der Waals surface area contributed by atoms with E-state index in [1.807, 2.05) is 6.07 Å². The summed E-state index contributed by atoms with van der Waals surface area (Å²) < 4.78 is 13.8. The number of rotatable bonds is 3. The highest BCUT2D eigenvalue weighted by Crippen LogP contribution is 2.36. The van der Waals surface area contributed by atoms with Gasteiger partial charge in [-0.1, -0.05) is 17.7 Å². The number of nitrogens with one attached hydrogen (secondary N) is 2. The summed E-state index contributed by atoms with van der Waals surface area (Å²) in [6.07, 6.45) is 1.08. The third-order valence-corrected chi connectivity index (χ3v) is 4.80. The van der Waals surface area contributed by atoms with Gasteiger partial charge in [-0.3, -0.25) is 9.89 Å². The topological polar surface area (TPSA) is 39.7 Å². The molecular formula is C16H22ClFN4. The van der Waals surface area contributed by atoms with Gasteiger partial charge in [-0.15, -0.1) is 0 Å². The molecule has 4 nitrogen and oxygen atoms in total. The van der Waals surface area contributed by atoms with Crippen LogP contribution in [-0.4, -0.2) is 43.6 Å². The van der Waals surface area contributed by atoms with E-state index in [2.05, 4.69) is 34.5 Å². The molecule has 1 saturated heterocycles. The molecule has 0 amide bonds. The van der Waals surface area contributed by atoms with E-state index in [1.54, 1.807) is 12.1 Å².